The van der Waals surface area contributed by atoms with Gasteiger partial charge in [0.15, 0.2) is 10.8 Å². The molecule has 6 nitrogen and oxygen atoms in total. The van der Waals surface area contributed by atoms with Gasteiger partial charge in [0.25, 0.3) is 0 Å². The maximum Gasteiger partial charge on any atom is 0.206 e. The van der Waals surface area contributed by atoms with Crippen LogP contribution < -0.4 is 10.1 Å². The van der Waals surface area contributed by atoms with Crippen LogP contribution >= 0.6 is 34.5 Å². The number of benzene rings is 1. The summed E-state index contributed by atoms with van der Waals surface area (Å²) in [5.74, 6) is 1.79. The van der Waals surface area contributed by atoms with Crippen LogP contribution in [0.2, 0.25) is 10.0 Å². The minimum atomic E-state index is 0.234. The summed E-state index contributed by atoms with van der Waals surface area (Å²) in [6.07, 6.45) is 0. The maximum absolute atomic E-state index is 6.10. The molecular formula is C16H15Cl2N3O3S. The third-order valence-electron chi connectivity index (χ3n) is 3.17. The average molecular weight is 400 g/mol. The topological polar surface area (TPSA) is 69.4 Å². The first kappa shape index (κ1) is 18.0. The Morgan fingerprint density at radius 2 is 2.08 bits per heavy atom. The fourth-order valence-corrected chi connectivity index (χ4v) is 3.05. The van der Waals surface area contributed by atoms with Crippen LogP contribution in [-0.2, 0) is 11.3 Å². The van der Waals surface area contributed by atoms with Crippen molar-refractivity contribution in [3.63, 3.8) is 0 Å². The number of halogens is 2. The summed E-state index contributed by atoms with van der Waals surface area (Å²) < 4.78 is 16.4. The number of ether oxygens (including phenoxy) is 2. The van der Waals surface area contributed by atoms with Gasteiger partial charge < -0.3 is 19.2 Å². The van der Waals surface area contributed by atoms with Crippen molar-refractivity contribution in [2.45, 2.75) is 6.61 Å². The first-order valence-electron chi connectivity index (χ1n) is 7.39. The Morgan fingerprint density at radius 3 is 2.92 bits per heavy atom. The van der Waals surface area contributed by atoms with Crippen molar-refractivity contribution in [2.75, 3.05) is 25.6 Å². The summed E-state index contributed by atoms with van der Waals surface area (Å²) in [6.45, 7) is 1.50. The summed E-state index contributed by atoms with van der Waals surface area (Å²) in [6, 6.07) is 8.89. The van der Waals surface area contributed by atoms with E-state index in [1.165, 1.54) is 11.3 Å². The zero-order valence-corrected chi connectivity index (χ0v) is 15.6. The van der Waals surface area contributed by atoms with Crippen LogP contribution in [0.25, 0.3) is 10.8 Å². The number of nitrogens with zero attached hydrogens (tertiary/aromatic N) is 2. The molecule has 9 heteroatoms. The van der Waals surface area contributed by atoms with Crippen LogP contribution in [0, 0.1) is 0 Å². The molecule has 3 rings (SSSR count). The van der Waals surface area contributed by atoms with Gasteiger partial charge in [0.05, 0.1) is 11.6 Å². The molecule has 0 bridgehead atoms. The van der Waals surface area contributed by atoms with E-state index in [0.29, 0.717) is 50.6 Å². The van der Waals surface area contributed by atoms with Crippen LogP contribution in [0.4, 0.5) is 5.13 Å². The fraction of sp³-hybridized carbons (Fsp3) is 0.250. The summed E-state index contributed by atoms with van der Waals surface area (Å²) in [7, 11) is 1.65. The molecule has 132 valence electrons. The van der Waals surface area contributed by atoms with Gasteiger partial charge in [-0.3, -0.25) is 0 Å². The molecule has 2 heterocycles. The first-order valence-corrected chi connectivity index (χ1v) is 8.97. The number of aromatic nitrogens is 2. The molecule has 0 atom stereocenters. The van der Waals surface area contributed by atoms with Crippen LogP contribution in [0.1, 0.15) is 5.76 Å². The fourth-order valence-electron chi connectivity index (χ4n) is 1.97. The predicted octanol–water partition coefficient (Wildman–Crippen LogP) is 4.74. The van der Waals surface area contributed by atoms with Crippen molar-refractivity contribution in [1.29, 1.82) is 0 Å². The zero-order valence-electron chi connectivity index (χ0n) is 13.3. The Labute approximate surface area is 158 Å². The summed E-state index contributed by atoms with van der Waals surface area (Å²) >= 11 is 13.5. The molecule has 0 unspecified atom stereocenters. The second kappa shape index (κ2) is 8.53. The molecule has 3 aromatic rings. The lowest BCUT2D eigenvalue weighted by atomic mass is 10.3. The molecule has 0 radical (unpaired) electrons. The Morgan fingerprint density at radius 1 is 1.20 bits per heavy atom. The number of hydrogen-bond donors (Lipinski definition) is 1. The number of rotatable bonds is 8. The van der Waals surface area contributed by atoms with Gasteiger partial charge in [-0.25, -0.2) is 0 Å². The van der Waals surface area contributed by atoms with Crippen LogP contribution in [0.5, 0.6) is 5.75 Å². The van der Waals surface area contributed by atoms with E-state index in [9.17, 15) is 0 Å². The van der Waals surface area contributed by atoms with Gasteiger partial charge in [0.2, 0.25) is 5.13 Å². The molecule has 25 heavy (non-hydrogen) atoms. The van der Waals surface area contributed by atoms with Gasteiger partial charge in [-0.15, -0.1) is 10.2 Å². The third kappa shape index (κ3) is 4.64. The van der Waals surface area contributed by atoms with Gasteiger partial charge >= 0.3 is 0 Å². The lowest BCUT2D eigenvalue weighted by Gasteiger charge is -2.06. The second-order valence-electron chi connectivity index (χ2n) is 4.94. The zero-order chi connectivity index (χ0) is 17.6. The Kier molecular flexibility index (Phi) is 6.14. The minimum absolute atomic E-state index is 0.234. The van der Waals surface area contributed by atoms with Crippen LogP contribution in [-0.4, -0.2) is 30.5 Å². The van der Waals surface area contributed by atoms with Crippen molar-refractivity contribution >= 4 is 39.7 Å². The van der Waals surface area contributed by atoms with E-state index < -0.39 is 0 Å². The Hall–Kier alpha value is -1.80. The lowest BCUT2D eigenvalue weighted by Crippen LogP contribution is -2.06. The largest absolute Gasteiger partial charge is 0.484 e. The standard InChI is InChI=1S/C16H15Cl2N3O3S/c1-22-8-7-19-16-21-20-15(25-16)13-6-5-10(24-13)9-23-12-4-2-3-11(17)14(12)18/h2-6H,7-9H2,1H3,(H,19,21). The Balaban J connectivity index is 1.61. The highest BCUT2D eigenvalue weighted by molar-refractivity contribution is 7.18. The SMILES string of the molecule is COCCNc1nnc(-c2ccc(COc3cccc(Cl)c3Cl)o2)s1. The molecule has 0 aliphatic heterocycles. The van der Waals surface area contributed by atoms with Gasteiger partial charge in [-0.1, -0.05) is 40.6 Å². The molecule has 0 fully saturated rings. The highest BCUT2D eigenvalue weighted by atomic mass is 35.5. The molecule has 1 N–H and O–H groups in total. The van der Waals surface area contributed by atoms with E-state index in [0.717, 1.165) is 0 Å². The molecule has 2 aromatic heterocycles. The third-order valence-corrected chi connectivity index (χ3v) is 4.86. The van der Waals surface area contributed by atoms with Crippen molar-refractivity contribution in [3.8, 4) is 16.5 Å². The van der Waals surface area contributed by atoms with Crippen LogP contribution in [0.3, 0.4) is 0 Å². The maximum atomic E-state index is 6.10. The first-order chi connectivity index (χ1) is 12.2. The average Bonchev–Trinajstić information content (AvgIpc) is 3.25. The highest BCUT2D eigenvalue weighted by Gasteiger charge is 2.12. The summed E-state index contributed by atoms with van der Waals surface area (Å²) in [5, 5.41) is 13.5. The van der Waals surface area contributed by atoms with Gasteiger partial charge in [0.1, 0.15) is 23.1 Å². The number of methoxy groups -OCH3 is 1. The van der Waals surface area contributed by atoms with Gasteiger partial charge in [-0.05, 0) is 24.3 Å². The number of anilines is 1. The number of furan rings is 1. The molecule has 1 aromatic carbocycles. The smallest absolute Gasteiger partial charge is 0.206 e. The molecule has 0 aliphatic rings. The van der Waals surface area contributed by atoms with E-state index in [1.54, 1.807) is 25.3 Å². The number of hydrogen-bond acceptors (Lipinski definition) is 7. The quantitative estimate of drug-likeness (QED) is 0.551. The second-order valence-corrected chi connectivity index (χ2v) is 6.70. The molecule has 0 spiro atoms. The minimum Gasteiger partial charge on any atom is -0.484 e. The molecular weight excluding hydrogens is 385 g/mol. The normalized spacial score (nSPS) is 10.8. The van der Waals surface area contributed by atoms with Crippen LogP contribution in [0.15, 0.2) is 34.7 Å². The summed E-state index contributed by atoms with van der Waals surface area (Å²) in [5.41, 5.74) is 0. The van der Waals surface area contributed by atoms with E-state index in [4.69, 9.17) is 37.1 Å². The molecule has 0 saturated heterocycles. The van der Waals surface area contributed by atoms with Crippen molar-refractivity contribution < 1.29 is 13.9 Å². The number of nitrogens with one attached hydrogen (secondary N) is 1. The van der Waals surface area contributed by atoms with Gasteiger partial charge in [0, 0.05) is 13.7 Å². The van der Waals surface area contributed by atoms with Crippen molar-refractivity contribution in [3.05, 3.63) is 46.1 Å². The van der Waals surface area contributed by atoms with Gasteiger partial charge in [-0.2, -0.15) is 0 Å². The molecule has 0 saturated carbocycles. The van der Waals surface area contributed by atoms with E-state index in [1.807, 2.05) is 12.1 Å². The monoisotopic (exact) mass is 399 g/mol. The summed E-state index contributed by atoms with van der Waals surface area (Å²) in [4.78, 5) is 0. The lowest BCUT2D eigenvalue weighted by molar-refractivity contribution is 0.211. The van der Waals surface area contributed by atoms with E-state index >= 15 is 0 Å². The molecule has 0 amide bonds. The predicted molar refractivity (Wildman–Crippen MR) is 98.8 cm³/mol. The molecule has 0 aliphatic carbocycles. The van der Waals surface area contributed by atoms with E-state index in [-0.39, 0.29) is 6.61 Å². The van der Waals surface area contributed by atoms with Crippen molar-refractivity contribution in [1.82, 2.24) is 10.2 Å². The van der Waals surface area contributed by atoms with E-state index in [2.05, 4.69) is 15.5 Å². The highest BCUT2D eigenvalue weighted by Crippen LogP contribution is 2.33. The Bertz CT molecular complexity index is 838. The van der Waals surface area contributed by atoms with Crippen molar-refractivity contribution in [2.24, 2.45) is 0 Å².